The average molecular weight is 369 g/mol. The van der Waals surface area contributed by atoms with Crippen LogP contribution in [0.25, 0.3) is 0 Å². The van der Waals surface area contributed by atoms with Crippen LogP contribution in [0.2, 0.25) is 0 Å². The molecule has 0 bridgehead atoms. The number of methoxy groups -OCH3 is 1. The third kappa shape index (κ3) is 4.41. The Morgan fingerprint density at radius 1 is 1.31 bits per heavy atom. The Hall–Kier alpha value is -1.96. The lowest BCUT2D eigenvalue weighted by atomic mass is 9.96. The van der Waals surface area contributed by atoms with Gasteiger partial charge in [-0.3, -0.25) is 4.79 Å². The molecule has 0 spiro atoms. The summed E-state index contributed by atoms with van der Waals surface area (Å²) in [6.45, 7) is 0.917. The normalized spacial score (nSPS) is 25.7. The zero-order valence-electron chi connectivity index (χ0n) is 14.9. The number of carbonyl (C=O) groups is 1. The molecule has 1 saturated heterocycles. The van der Waals surface area contributed by atoms with Gasteiger partial charge in [0.05, 0.1) is 13.2 Å². The van der Waals surface area contributed by atoms with Crippen molar-refractivity contribution < 1.29 is 23.0 Å². The summed E-state index contributed by atoms with van der Waals surface area (Å²) in [6, 6.07) is 1.01. The highest BCUT2D eigenvalue weighted by atomic mass is 19.1. The van der Waals surface area contributed by atoms with Crippen molar-refractivity contribution in [2.45, 2.75) is 63.4 Å². The van der Waals surface area contributed by atoms with Gasteiger partial charge in [0.1, 0.15) is 12.3 Å². The number of nitrogens with zero attached hydrogens (tertiary/aromatic N) is 1. The molecule has 1 saturated carbocycles. The maximum Gasteiger partial charge on any atom is 0.254 e. The van der Waals surface area contributed by atoms with E-state index in [4.69, 9.17) is 9.47 Å². The van der Waals surface area contributed by atoms with E-state index in [0.29, 0.717) is 18.4 Å². The van der Waals surface area contributed by atoms with Crippen LogP contribution >= 0.6 is 0 Å². The summed E-state index contributed by atoms with van der Waals surface area (Å²) in [6.07, 6.45) is 2.56. The molecule has 2 N–H and O–H groups in total. The molecule has 1 aromatic heterocycles. The van der Waals surface area contributed by atoms with E-state index < -0.39 is 18.1 Å². The highest BCUT2D eigenvalue weighted by molar-refractivity contribution is 5.82. The van der Waals surface area contributed by atoms with Gasteiger partial charge in [-0.25, -0.2) is 8.78 Å². The van der Waals surface area contributed by atoms with E-state index in [-0.39, 0.29) is 30.3 Å². The van der Waals surface area contributed by atoms with Gasteiger partial charge in [-0.2, -0.15) is 4.98 Å². The number of nitrogens with one attached hydrogen (secondary N) is 2. The van der Waals surface area contributed by atoms with Crippen LogP contribution in [0.3, 0.4) is 0 Å². The van der Waals surface area contributed by atoms with Crippen molar-refractivity contribution in [1.29, 1.82) is 0 Å². The molecule has 1 aromatic rings. The minimum atomic E-state index is -1.12. The number of hydrogen-bond donors (Lipinski definition) is 2. The first-order valence-corrected chi connectivity index (χ1v) is 9.13. The predicted molar refractivity (Wildman–Crippen MR) is 91.4 cm³/mol. The summed E-state index contributed by atoms with van der Waals surface area (Å²) >= 11 is 0. The van der Waals surface area contributed by atoms with E-state index >= 15 is 0 Å². The number of carbonyl (C=O) groups excluding carboxylic acids is 1. The van der Waals surface area contributed by atoms with Crippen LogP contribution in [0, 0.1) is 5.82 Å². The topological polar surface area (TPSA) is 72.5 Å². The molecule has 2 aliphatic rings. The summed E-state index contributed by atoms with van der Waals surface area (Å²) in [4.78, 5) is 16.1. The molecule has 0 unspecified atom stereocenters. The first-order valence-electron chi connectivity index (χ1n) is 9.13. The molecule has 1 aliphatic heterocycles. The molecule has 1 aliphatic carbocycles. The maximum atomic E-state index is 14.4. The fourth-order valence-electron chi connectivity index (χ4n) is 3.42. The Kier molecular flexibility index (Phi) is 6.24. The number of hydrogen-bond acceptors (Lipinski definition) is 5. The summed E-state index contributed by atoms with van der Waals surface area (Å²) in [5.74, 6) is -0.921. The number of rotatable bonds is 6. The minimum Gasteiger partial charge on any atom is -0.481 e. The molecule has 8 heteroatoms. The van der Waals surface area contributed by atoms with E-state index in [1.807, 2.05) is 0 Å². The fourth-order valence-corrected chi connectivity index (χ4v) is 3.42. The van der Waals surface area contributed by atoms with E-state index in [9.17, 15) is 13.6 Å². The number of amides is 1. The van der Waals surface area contributed by atoms with E-state index in [1.165, 1.54) is 13.2 Å². The van der Waals surface area contributed by atoms with Crippen molar-refractivity contribution in [2.75, 3.05) is 13.7 Å². The van der Waals surface area contributed by atoms with Crippen LogP contribution < -0.4 is 20.1 Å². The summed E-state index contributed by atoms with van der Waals surface area (Å²) < 4.78 is 39.0. The van der Waals surface area contributed by atoms with Crippen LogP contribution in [-0.2, 0) is 11.3 Å². The monoisotopic (exact) mass is 369 g/mol. The Labute approximate surface area is 151 Å². The number of ether oxygens (including phenoxy) is 2. The highest BCUT2D eigenvalue weighted by Crippen LogP contribution is 2.29. The summed E-state index contributed by atoms with van der Waals surface area (Å²) in [5.41, 5.74) is 0.407. The van der Waals surface area contributed by atoms with Gasteiger partial charge in [0.25, 0.3) is 5.88 Å². The Morgan fingerprint density at radius 3 is 2.81 bits per heavy atom. The van der Waals surface area contributed by atoms with Crippen molar-refractivity contribution in [2.24, 2.45) is 0 Å². The molecule has 0 radical (unpaired) electrons. The molecule has 26 heavy (non-hydrogen) atoms. The molecule has 144 valence electrons. The number of halogens is 2. The highest BCUT2D eigenvalue weighted by Gasteiger charge is 2.28. The van der Waals surface area contributed by atoms with Crippen LogP contribution in [0.5, 0.6) is 11.8 Å². The van der Waals surface area contributed by atoms with Gasteiger partial charge in [0.15, 0.2) is 5.82 Å². The van der Waals surface area contributed by atoms with Gasteiger partial charge >= 0.3 is 0 Å². The first-order chi connectivity index (χ1) is 12.6. The lowest BCUT2D eigenvalue weighted by molar-refractivity contribution is -0.122. The second-order valence-corrected chi connectivity index (χ2v) is 6.77. The Balaban J connectivity index is 1.67. The lowest BCUT2D eigenvalue weighted by Gasteiger charge is -2.26. The van der Waals surface area contributed by atoms with E-state index in [1.54, 1.807) is 0 Å². The lowest BCUT2D eigenvalue weighted by Crippen LogP contribution is -2.40. The fraction of sp³-hybridized carbons (Fsp3) is 0.667. The second-order valence-electron chi connectivity index (χ2n) is 6.77. The molecule has 1 amide bonds. The largest absolute Gasteiger partial charge is 0.481 e. The van der Waals surface area contributed by atoms with Gasteiger partial charge in [-0.15, -0.1) is 0 Å². The molecule has 2 fully saturated rings. The van der Waals surface area contributed by atoms with Gasteiger partial charge in [0.2, 0.25) is 11.8 Å². The Morgan fingerprint density at radius 2 is 2.12 bits per heavy atom. The van der Waals surface area contributed by atoms with Gasteiger partial charge < -0.3 is 20.1 Å². The summed E-state index contributed by atoms with van der Waals surface area (Å²) in [5, 5.41) is 5.86. The van der Waals surface area contributed by atoms with Crippen LogP contribution in [0.1, 0.15) is 44.1 Å². The third-order valence-electron chi connectivity index (χ3n) is 4.89. The maximum absolute atomic E-state index is 14.4. The number of pyridine rings is 1. The van der Waals surface area contributed by atoms with Gasteiger partial charge in [0, 0.05) is 12.1 Å². The van der Waals surface area contributed by atoms with E-state index in [2.05, 4.69) is 15.6 Å². The predicted octanol–water partition coefficient (Wildman–Crippen LogP) is 2.26. The standard InChI is InChI=1S/C18H25F2N3O3/c1-25-17-11(10-22-16(24)14-6-4-8-21-14)9-13(20)18(23-17)26-15-7-3-2-5-12(15)19/h9,12,14-15,21H,2-8,10H2,1H3,(H,22,24)/t12-,14+,15-/m1/s1. The number of alkyl halides is 1. The quantitative estimate of drug-likeness (QED) is 0.805. The molecular weight excluding hydrogens is 344 g/mol. The molecule has 2 heterocycles. The smallest absolute Gasteiger partial charge is 0.254 e. The molecular formula is C18H25F2N3O3. The summed E-state index contributed by atoms with van der Waals surface area (Å²) in [7, 11) is 1.41. The number of aromatic nitrogens is 1. The van der Waals surface area contributed by atoms with Crippen molar-refractivity contribution in [3.05, 3.63) is 17.4 Å². The molecule has 3 atom stereocenters. The molecule has 0 aromatic carbocycles. The average Bonchev–Trinajstić information content (AvgIpc) is 3.18. The third-order valence-corrected chi connectivity index (χ3v) is 4.89. The van der Waals surface area contributed by atoms with Crippen molar-refractivity contribution in [3.63, 3.8) is 0 Å². The van der Waals surface area contributed by atoms with Crippen LogP contribution in [-0.4, -0.2) is 42.9 Å². The second kappa shape index (κ2) is 8.62. The van der Waals surface area contributed by atoms with Gasteiger partial charge in [-0.1, -0.05) is 6.42 Å². The molecule has 6 nitrogen and oxygen atoms in total. The van der Waals surface area contributed by atoms with Crippen LogP contribution in [0.4, 0.5) is 8.78 Å². The SMILES string of the molecule is COc1nc(O[C@@H]2CCCC[C@H]2F)c(F)cc1CNC(=O)[C@@H]1CCCN1. The van der Waals surface area contributed by atoms with Crippen molar-refractivity contribution in [3.8, 4) is 11.8 Å². The zero-order valence-corrected chi connectivity index (χ0v) is 14.9. The van der Waals surface area contributed by atoms with Crippen molar-refractivity contribution >= 4 is 5.91 Å². The zero-order chi connectivity index (χ0) is 18.5. The van der Waals surface area contributed by atoms with Crippen LogP contribution in [0.15, 0.2) is 6.07 Å². The Bertz CT molecular complexity index is 638. The molecule has 3 rings (SSSR count). The van der Waals surface area contributed by atoms with Crippen molar-refractivity contribution in [1.82, 2.24) is 15.6 Å². The first kappa shape index (κ1) is 18.8. The van der Waals surface area contributed by atoms with E-state index in [0.717, 1.165) is 32.2 Å². The minimum absolute atomic E-state index is 0.0968. The van der Waals surface area contributed by atoms with Gasteiger partial charge in [-0.05, 0) is 44.7 Å².